The second-order valence-corrected chi connectivity index (χ2v) is 7.15. The number of β-amino-alcohol motifs (C(OH)–C–C–N with tert-alkyl or cyclic N) is 1. The second kappa shape index (κ2) is 8.73. The predicted octanol–water partition coefficient (Wildman–Crippen LogP) is 3.07. The van der Waals surface area contributed by atoms with E-state index < -0.39 is 6.10 Å². The molecule has 0 bridgehead atoms. The Balaban J connectivity index is 1.61. The van der Waals surface area contributed by atoms with Crippen molar-refractivity contribution in [1.82, 2.24) is 15.0 Å². The minimum absolute atomic E-state index is 0.192. The zero-order valence-corrected chi connectivity index (χ0v) is 17.2. The van der Waals surface area contributed by atoms with Gasteiger partial charge in [-0.15, -0.1) is 0 Å². The van der Waals surface area contributed by atoms with E-state index in [1.807, 2.05) is 42.5 Å². The summed E-state index contributed by atoms with van der Waals surface area (Å²) < 4.78 is 22.0. The molecule has 0 spiro atoms. The first-order chi connectivity index (χ1) is 14.6. The Hall–Kier alpha value is -3.10. The normalized spacial score (nSPS) is 19.1. The van der Waals surface area contributed by atoms with Gasteiger partial charge < -0.3 is 23.8 Å². The van der Waals surface area contributed by atoms with Gasteiger partial charge in [0.2, 0.25) is 17.5 Å². The lowest BCUT2D eigenvalue weighted by Crippen LogP contribution is -2.25. The van der Waals surface area contributed by atoms with Crippen LogP contribution >= 0.6 is 0 Å². The highest BCUT2D eigenvalue weighted by Gasteiger charge is 2.36. The molecule has 0 aliphatic carbocycles. The van der Waals surface area contributed by atoms with E-state index in [0.29, 0.717) is 48.5 Å². The van der Waals surface area contributed by atoms with Crippen molar-refractivity contribution in [3.8, 4) is 28.6 Å². The van der Waals surface area contributed by atoms with Crippen LogP contribution in [-0.4, -0.2) is 54.1 Å². The zero-order chi connectivity index (χ0) is 21.1. The van der Waals surface area contributed by atoms with Gasteiger partial charge in [0.1, 0.15) is 0 Å². The standard InChI is InChI=1S/C22H25N3O5/c1-27-18-10-9-15(19(28-2)20(18)29-3)12-25-13-16(26)11-17(25)22-23-21(24-30-22)14-7-5-4-6-8-14/h4-10,16-17,26H,11-13H2,1-3H3. The minimum Gasteiger partial charge on any atom is -0.493 e. The molecule has 1 aliphatic rings. The molecule has 2 aromatic carbocycles. The van der Waals surface area contributed by atoms with Gasteiger partial charge in [0.25, 0.3) is 0 Å². The van der Waals surface area contributed by atoms with Crippen LogP contribution in [0.4, 0.5) is 0 Å². The van der Waals surface area contributed by atoms with Crippen molar-refractivity contribution >= 4 is 0 Å². The van der Waals surface area contributed by atoms with E-state index >= 15 is 0 Å². The van der Waals surface area contributed by atoms with Crippen LogP contribution in [0.25, 0.3) is 11.4 Å². The summed E-state index contributed by atoms with van der Waals surface area (Å²) in [5, 5.41) is 14.5. The highest BCUT2D eigenvalue weighted by atomic mass is 16.5. The van der Waals surface area contributed by atoms with Crippen molar-refractivity contribution in [2.75, 3.05) is 27.9 Å². The Labute approximate surface area is 175 Å². The molecule has 2 heterocycles. The number of likely N-dealkylation sites (tertiary alicyclic amines) is 1. The Morgan fingerprint density at radius 2 is 1.80 bits per heavy atom. The van der Waals surface area contributed by atoms with Crippen LogP contribution in [0.1, 0.15) is 23.9 Å². The second-order valence-electron chi connectivity index (χ2n) is 7.15. The van der Waals surface area contributed by atoms with Crippen molar-refractivity contribution in [2.45, 2.75) is 25.1 Å². The first kappa shape index (κ1) is 20.2. The fraction of sp³-hybridized carbons (Fsp3) is 0.364. The van der Waals surface area contributed by atoms with E-state index in [4.69, 9.17) is 18.7 Å². The van der Waals surface area contributed by atoms with Crippen molar-refractivity contribution < 1.29 is 23.8 Å². The Morgan fingerprint density at radius 3 is 2.50 bits per heavy atom. The third-order valence-corrected chi connectivity index (χ3v) is 5.30. The summed E-state index contributed by atoms with van der Waals surface area (Å²) in [6, 6.07) is 13.3. The summed E-state index contributed by atoms with van der Waals surface area (Å²) in [6.45, 7) is 1.01. The van der Waals surface area contributed by atoms with Crippen LogP contribution in [0.2, 0.25) is 0 Å². The van der Waals surface area contributed by atoms with Gasteiger partial charge in [0.15, 0.2) is 11.5 Å². The molecule has 2 atom stereocenters. The Kier molecular flexibility index (Phi) is 5.87. The maximum absolute atomic E-state index is 10.3. The number of hydrogen-bond acceptors (Lipinski definition) is 8. The molecule has 1 aliphatic heterocycles. The summed E-state index contributed by atoms with van der Waals surface area (Å²) in [7, 11) is 4.76. The van der Waals surface area contributed by atoms with E-state index in [2.05, 4.69) is 15.0 Å². The molecule has 4 rings (SSSR count). The quantitative estimate of drug-likeness (QED) is 0.634. The van der Waals surface area contributed by atoms with Crippen LogP contribution in [0, 0.1) is 0 Å². The highest BCUT2D eigenvalue weighted by molar-refractivity contribution is 5.56. The first-order valence-corrected chi connectivity index (χ1v) is 9.73. The van der Waals surface area contributed by atoms with Crippen LogP contribution < -0.4 is 14.2 Å². The highest BCUT2D eigenvalue weighted by Crippen LogP contribution is 2.42. The maximum Gasteiger partial charge on any atom is 0.244 e. The summed E-state index contributed by atoms with van der Waals surface area (Å²) in [4.78, 5) is 6.69. The minimum atomic E-state index is -0.479. The van der Waals surface area contributed by atoms with E-state index in [0.717, 1.165) is 11.1 Å². The Morgan fingerprint density at radius 1 is 1.03 bits per heavy atom. The maximum atomic E-state index is 10.3. The number of rotatable bonds is 7. The molecule has 0 radical (unpaired) electrons. The van der Waals surface area contributed by atoms with Crippen LogP contribution in [0.5, 0.6) is 17.2 Å². The molecule has 0 amide bonds. The lowest BCUT2D eigenvalue weighted by molar-refractivity contribution is 0.168. The zero-order valence-electron chi connectivity index (χ0n) is 17.2. The smallest absolute Gasteiger partial charge is 0.244 e. The number of aliphatic hydroxyl groups excluding tert-OH is 1. The topological polar surface area (TPSA) is 90.1 Å². The van der Waals surface area contributed by atoms with Gasteiger partial charge in [0.05, 0.1) is 33.5 Å². The molecular formula is C22H25N3O5. The largest absolute Gasteiger partial charge is 0.493 e. The van der Waals surface area contributed by atoms with Crippen molar-refractivity contribution in [3.63, 3.8) is 0 Å². The summed E-state index contributed by atoms with van der Waals surface area (Å²) >= 11 is 0. The molecule has 8 nitrogen and oxygen atoms in total. The number of benzene rings is 2. The van der Waals surface area contributed by atoms with Gasteiger partial charge in [-0.05, 0) is 12.5 Å². The summed E-state index contributed by atoms with van der Waals surface area (Å²) in [5.41, 5.74) is 1.80. The predicted molar refractivity (Wildman–Crippen MR) is 110 cm³/mol. The van der Waals surface area contributed by atoms with Crippen LogP contribution in [0.15, 0.2) is 47.0 Å². The van der Waals surface area contributed by atoms with Crippen molar-refractivity contribution in [2.24, 2.45) is 0 Å². The van der Waals surface area contributed by atoms with Gasteiger partial charge in [-0.1, -0.05) is 41.6 Å². The first-order valence-electron chi connectivity index (χ1n) is 9.73. The molecule has 3 aromatic rings. The monoisotopic (exact) mass is 411 g/mol. The molecule has 2 unspecified atom stereocenters. The molecule has 0 saturated carbocycles. The van der Waals surface area contributed by atoms with Gasteiger partial charge in [-0.25, -0.2) is 0 Å². The van der Waals surface area contributed by atoms with E-state index in [1.54, 1.807) is 21.3 Å². The molecule has 8 heteroatoms. The Bertz CT molecular complexity index is 992. The van der Waals surface area contributed by atoms with Crippen LogP contribution in [-0.2, 0) is 6.54 Å². The average molecular weight is 411 g/mol. The van der Waals surface area contributed by atoms with E-state index in [9.17, 15) is 5.11 Å². The number of methoxy groups -OCH3 is 3. The van der Waals surface area contributed by atoms with Gasteiger partial charge in [-0.3, -0.25) is 4.90 Å². The van der Waals surface area contributed by atoms with Gasteiger partial charge in [-0.2, -0.15) is 4.98 Å². The van der Waals surface area contributed by atoms with Crippen molar-refractivity contribution in [1.29, 1.82) is 0 Å². The SMILES string of the molecule is COc1ccc(CN2CC(O)CC2c2nc(-c3ccccc3)no2)c(OC)c1OC. The number of hydrogen-bond donors (Lipinski definition) is 1. The molecule has 1 N–H and O–H groups in total. The molecule has 158 valence electrons. The number of nitrogens with zero attached hydrogens (tertiary/aromatic N) is 3. The summed E-state index contributed by atoms with van der Waals surface area (Å²) in [6.07, 6.45) is 0.0414. The molecular weight excluding hydrogens is 386 g/mol. The molecule has 30 heavy (non-hydrogen) atoms. The number of aromatic nitrogens is 2. The van der Waals surface area contributed by atoms with E-state index in [-0.39, 0.29) is 6.04 Å². The molecule has 1 fully saturated rings. The fourth-order valence-electron chi connectivity index (χ4n) is 3.89. The summed E-state index contributed by atoms with van der Waals surface area (Å²) in [5.74, 6) is 2.77. The number of ether oxygens (including phenoxy) is 3. The van der Waals surface area contributed by atoms with Gasteiger partial charge >= 0.3 is 0 Å². The van der Waals surface area contributed by atoms with Crippen LogP contribution in [0.3, 0.4) is 0 Å². The average Bonchev–Trinajstić information content (AvgIpc) is 3.40. The number of aliphatic hydroxyl groups is 1. The lowest BCUT2D eigenvalue weighted by Gasteiger charge is -2.23. The molecule has 1 aromatic heterocycles. The third-order valence-electron chi connectivity index (χ3n) is 5.30. The third kappa shape index (κ3) is 3.83. The molecule has 1 saturated heterocycles. The fourth-order valence-corrected chi connectivity index (χ4v) is 3.89. The van der Waals surface area contributed by atoms with Gasteiger partial charge in [0, 0.05) is 24.2 Å². The van der Waals surface area contributed by atoms with E-state index in [1.165, 1.54) is 0 Å². The van der Waals surface area contributed by atoms with Crippen molar-refractivity contribution in [3.05, 3.63) is 53.9 Å². The lowest BCUT2D eigenvalue weighted by atomic mass is 10.1.